The molecule has 1 aromatic rings. The van der Waals surface area contributed by atoms with Crippen LogP contribution in [0, 0.1) is 6.92 Å². The highest BCUT2D eigenvalue weighted by Gasteiger charge is 2.09. The van der Waals surface area contributed by atoms with Crippen LogP contribution >= 0.6 is 11.8 Å². The van der Waals surface area contributed by atoms with Crippen LogP contribution in [-0.2, 0) is 4.79 Å². The lowest BCUT2D eigenvalue weighted by Crippen LogP contribution is -2.03. The number of rotatable bonds is 5. The van der Waals surface area contributed by atoms with Crippen LogP contribution in [0.25, 0.3) is 0 Å². The normalized spacial score (nSPS) is 12.4. The number of aldehydes is 1. The highest BCUT2D eigenvalue weighted by molar-refractivity contribution is 7.99. The number of thioether (sulfide) groups is 1. The molecule has 0 fully saturated rings. The van der Waals surface area contributed by atoms with E-state index in [0.717, 1.165) is 23.4 Å². The molecule has 0 saturated carbocycles. The Kier molecular flexibility index (Phi) is 4.74. The Bertz CT molecular complexity index is 296. The predicted molar refractivity (Wildman–Crippen MR) is 63.0 cm³/mol. The van der Waals surface area contributed by atoms with Crippen molar-refractivity contribution in [3.8, 4) is 0 Å². The van der Waals surface area contributed by atoms with Crippen LogP contribution in [0.5, 0.6) is 0 Å². The zero-order valence-electron chi connectivity index (χ0n) is 8.69. The van der Waals surface area contributed by atoms with E-state index in [2.05, 4.69) is 26.0 Å². The van der Waals surface area contributed by atoms with Crippen LogP contribution in [0.1, 0.15) is 24.0 Å². The maximum atomic E-state index is 10.9. The van der Waals surface area contributed by atoms with E-state index in [-0.39, 0.29) is 5.92 Å². The molecule has 76 valence electrons. The Labute approximate surface area is 89.9 Å². The van der Waals surface area contributed by atoms with Crippen LogP contribution in [0.3, 0.4) is 0 Å². The largest absolute Gasteiger partial charge is 0.303 e. The zero-order chi connectivity index (χ0) is 10.4. The first-order valence-electron chi connectivity index (χ1n) is 4.87. The standard InChI is InChI=1S/C12H16OS/c1-3-14-9-12(8-13)11-6-4-5-10(2)7-11/h4-8,12H,3,9H2,1-2H3/t12-/m1/s1. The van der Waals surface area contributed by atoms with E-state index >= 15 is 0 Å². The molecule has 0 spiro atoms. The van der Waals surface area contributed by atoms with Crippen molar-refractivity contribution in [1.29, 1.82) is 0 Å². The summed E-state index contributed by atoms with van der Waals surface area (Å²) in [5, 5.41) is 0. The highest BCUT2D eigenvalue weighted by atomic mass is 32.2. The average Bonchev–Trinajstić information content (AvgIpc) is 2.19. The first-order valence-corrected chi connectivity index (χ1v) is 6.03. The lowest BCUT2D eigenvalue weighted by Gasteiger charge is -2.10. The number of carbonyl (C=O) groups is 1. The molecule has 0 aliphatic heterocycles. The van der Waals surface area contributed by atoms with Gasteiger partial charge in [0.15, 0.2) is 0 Å². The van der Waals surface area contributed by atoms with Gasteiger partial charge in [0.05, 0.1) is 0 Å². The minimum Gasteiger partial charge on any atom is -0.303 e. The van der Waals surface area contributed by atoms with E-state index in [0.29, 0.717) is 0 Å². The summed E-state index contributed by atoms with van der Waals surface area (Å²) in [6, 6.07) is 8.19. The molecular formula is C12H16OS. The molecule has 1 aromatic carbocycles. The fraction of sp³-hybridized carbons (Fsp3) is 0.417. The van der Waals surface area contributed by atoms with Gasteiger partial charge in [-0.25, -0.2) is 0 Å². The molecule has 0 aliphatic rings. The van der Waals surface area contributed by atoms with Crippen molar-refractivity contribution in [2.45, 2.75) is 19.8 Å². The van der Waals surface area contributed by atoms with Crippen molar-refractivity contribution in [3.05, 3.63) is 35.4 Å². The van der Waals surface area contributed by atoms with E-state index in [1.807, 2.05) is 23.9 Å². The van der Waals surface area contributed by atoms with Gasteiger partial charge >= 0.3 is 0 Å². The predicted octanol–water partition coefficient (Wildman–Crippen LogP) is 3.03. The van der Waals surface area contributed by atoms with Gasteiger partial charge in [-0.05, 0) is 18.2 Å². The molecule has 0 saturated heterocycles. The first-order chi connectivity index (χ1) is 6.77. The van der Waals surface area contributed by atoms with E-state index in [4.69, 9.17) is 0 Å². The number of hydrogen-bond donors (Lipinski definition) is 0. The van der Waals surface area contributed by atoms with Gasteiger partial charge in [-0.3, -0.25) is 0 Å². The second-order valence-electron chi connectivity index (χ2n) is 3.32. The molecule has 0 amide bonds. The minimum atomic E-state index is 0.0554. The van der Waals surface area contributed by atoms with Crippen LogP contribution < -0.4 is 0 Å². The first kappa shape index (κ1) is 11.3. The lowest BCUT2D eigenvalue weighted by molar-refractivity contribution is -0.108. The average molecular weight is 208 g/mol. The zero-order valence-corrected chi connectivity index (χ0v) is 9.51. The monoisotopic (exact) mass is 208 g/mol. The quantitative estimate of drug-likeness (QED) is 0.692. The van der Waals surface area contributed by atoms with E-state index in [1.165, 1.54) is 5.56 Å². The summed E-state index contributed by atoms with van der Waals surface area (Å²) in [5.74, 6) is 2.01. The molecule has 0 aromatic heterocycles. The smallest absolute Gasteiger partial charge is 0.128 e. The van der Waals surface area contributed by atoms with E-state index < -0.39 is 0 Å². The van der Waals surface area contributed by atoms with Crippen LogP contribution in [0.2, 0.25) is 0 Å². The molecular weight excluding hydrogens is 192 g/mol. The maximum Gasteiger partial charge on any atom is 0.128 e. The molecule has 1 nitrogen and oxygen atoms in total. The van der Waals surface area contributed by atoms with Crippen molar-refractivity contribution in [3.63, 3.8) is 0 Å². The lowest BCUT2D eigenvalue weighted by atomic mass is 10.0. The molecule has 0 radical (unpaired) electrons. The Morgan fingerprint density at radius 3 is 2.86 bits per heavy atom. The van der Waals surface area contributed by atoms with Gasteiger partial charge in [-0.2, -0.15) is 11.8 Å². The van der Waals surface area contributed by atoms with E-state index in [9.17, 15) is 4.79 Å². The van der Waals surface area contributed by atoms with Gasteiger partial charge in [0.1, 0.15) is 6.29 Å². The number of carbonyl (C=O) groups excluding carboxylic acids is 1. The summed E-state index contributed by atoms with van der Waals surface area (Å²) in [4.78, 5) is 10.9. The molecule has 14 heavy (non-hydrogen) atoms. The van der Waals surface area contributed by atoms with Gasteiger partial charge in [0, 0.05) is 11.7 Å². The van der Waals surface area contributed by atoms with Gasteiger partial charge in [-0.1, -0.05) is 36.8 Å². The molecule has 0 unspecified atom stereocenters. The summed E-state index contributed by atoms with van der Waals surface area (Å²) >= 11 is 1.81. The summed E-state index contributed by atoms with van der Waals surface area (Å²) in [7, 11) is 0. The van der Waals surface area contributed by atoms with Crippen LogP contribution in [0.4, 0.5) is 0 Å². The van der Waals surface area contributed by atoms with Gasteiger partial charge in [-0.15, -0.1) is 0 Å². The Morgan fingerprint density at radius 2 is 2.29 bits per heavy atom. The van der Waals surface area contributed by atoms with E-state index in [1.54, 1.807) is 0 Å². The number of hydrogen-bond acceptors (Lipinski definition) is 2. The fourth-order valence-corrected chi connectivity index (χ4v) is 2.12. The van der Waals surface area contributed by atoms with Gasteiger partial charge in [0.25, 0.3) is 0 Å². The molecule has 2 heteroatoms. The van der Waals surface area contributed by atoms with Gasteiger partial charge in [0.2, 0.25) is 0 Å². The molecule has 0 heterocycles. The summed E-state index contributed by atoms with van der Waals surface area (Å²) in [6.07, 6.45) is 1.05. The maximum absolute atomic E-state index is 10.9. The summed E-state index contributed by atoms with van der Waals surface area (Å²) < 4.78 is 0. The van der Waals surface area contributed by atoms with Gasteiger partial charge < -0.3 is 4.79 Å². The second kappa shape index (κ2) is 5.86. The molecule has 0 bridgehead atoms. The molecule has 1 atom stereocenters. The van der Waals surface area contributed by atoms with Crippen molar-refractivity contribution in [2.75, 3.05) is 11.5 Å². The Hall–Kier alpha value is -0.760. The SMILES string of the molecule is CCSC[C@@H](C=O)c1cccc(C)c1. The Morgan fingerprint density at radius 1 is 1.50 bits per heavy atom. The topological polar surface area (TPSA) is 17.1 Å². The third-order valence-corrected chi connectivity index (χ3v) is 3.14. The van der Waals surface area contributed by atoms with Crippen LogP contribution in [-0.4, -0.2) is 17.8 Å². The molecule has 1 rings (SSSR count). The number of benzene rings is 1. The third-order valence-electron chi connectivity index (χ3n) is 2.14. The number of aryl methyl sites for hydroxylation is 1. The van der Waals surface area contributed by atoms with Crippen molar-refractivity contribution in [1.82, 2.24) is 0 Å². The highest BCUT2D eigenvalue weighted by Crippen LogP contribution is 2.19. The second-order valence-corrected chi connectivity index (χ2v) is 4.64. The third kappa shape index (κ3) is 3.18. The van der Waals surface area contributed by atoms with Crippen molar-refractivity contribution >= 4 is 18.0 Å². The molecule has 0 N–H and O–H groups in total. The summed E-state index contributed by atoms with van der Waals surface area (Å²) in [5.41, 5.74) is 2.36. The molecule has 0 aliphatic carbocycles. The van der Waals surface area contributed by atoms with Crippen molar-refractivity contribution < 1.29 is 4.79 Å². The minimum absolute atomic E-state index is 0.0554. The Balaban J connectivity index is 2.73. The van der Waals surface area contributed by atoms with Crippen molar-refractivity contribution in [2.24, 2.45) is 0 Å². The fourth-order valence-electron chi connectivity index (χ4n) is 1.36. The van der Waals surface area contributed by atoms with Crippen LogP contribution in [0.15, 0.2) is 24.3 Å². The summed E-state index contributed by atoms with van der Waals surface area (Å²) in [6.45, 7) is 4.17.